The number of anilines is 4. The molecule has 0 atom stereocenters. The monoisotopic (exact) mass is 601 g/mol. The Balaban J connectivity index is 1.29. The molecule has 0 bridgehead atoms. The van der Waals surface area contributed by atoms with Crippen LogP contribution in [0.1, 0.15) is 18.5 Å². The number of nitrogens with zero attached hydrogens (tertiary/aromatic N) is 4. The highest BCUT2D eigenvalue weighted by molar-refractivity contribution is 7.89. The van der Waals surface area contributed by atoms with E-state index in [2.05, 4.69) is 20.3 Å². The summed E-state index contributed by atoms with van der Waals surface area (Å²) in [5, 5.41) is 11.3. The molecule has 2 heterocycles. The van der Waals surface area contributed by atoms with Gasteiger partial charge in [0.15, 0.2) is 17.3 Å². The summed E-state index contributed by atoms with van der Waals surface area (Å²) in [6.07, 6.45) is 3.46. The molecule has 0 radical (unpaired) electrons. The van der Waals surface area contributed by atoms with Gasteiger partial charge in [0.1, 0.15) is 5.52 Å². The lowest BCUT2D eigenvalue weighted by molar-refractivity contribution is 0.324. The van der Waals surface area contributed by atoms with E-state index in [0.717, 1.165) is 35.3 Å². The number of aryl methyl sites for hydroxylation is 1. The van der Waals surface area contributed by atoms with Crippen molar-refractivity contribution in [2.45, 2.75) is 30.7 Å². The third-order valence-corrected chi connectivity index (χ3v) is 8.47. The molecular formula is C30H31N7O5S. The Morgan fingerprint density at radius 2 is 1.56 bits per heavy atom. The van der Waals surface area contributed by atoms with Gasteiger partial charge in [-0.05, 0) is 50.1 Å². The van der Waals surface area contributed by atoms with E-state index in [0.29, 0.717) is 40.4 Å². The lowest BCUT2D eigenvalue weighted by Crippen LogP contribution is -2.25. The molecule has 0 spiro atoms. The SMILES string of the molecule is COc1cc(Nc2ncc3c(C)nc(-c4cccc(Nc5cccc(S(=O)(=O)NC6CC6)c5)c4)n3n2)cc(OC)c1OC. The van der Waals surface area contributed by atoms with Gasteiger partial charge in [-0.3, -0.25) is 0 Å². The van der Waals surface area contributed by atoms with Crippen molar-refractivity contribution in [1.82, 2.24) is 24.3 Å². The van der Waals surface area contributed by atoms with Gasteiger partial charge in [0.05, 0.1) is 38.1 Å². The van der Waals surface area contributed by atoms with Crippen LogP contribution < -0.4 is 29.6 Å². The summed E-state index contributed by atoms with van der Waals surface area (Å²) in [7, 11) is 1.09. The molecule has 12 nitrogen and oxygen atoms in total. The van der Waals surface area contributed by atoms with E-state index in [-0.39, 0.29) is 10.9 Å². The van der Waals surface area contributed by atoms with Crippen LogP contribution in [0.15, 0.2) is 71.8 Å². The van der Waals surface area contributed by atoms with Crippen molar-refractivity contribution < 1.29 is 22.6 Å². The van der Waals surface area contributed by atoms with Crippen LogP contribution in [-0.4, -0.2) is 55.4 Å². The average molecular weight is 602 g/mol. The van der Waals surface area contributed by atoms with Crippen LogP contribution in [0, 0.1) is 6.92 Å². The summed E-state index contributed by atoms with van der Waals surface area (Å²) in [4.78, 5) is 9.48. The smallest absolute Gasteiger partial charge is 0.245 e. The lowest BCUT2D eigenvalue weighted by atomic mass is 10.2. The molecule has 1 aliphatic rings. The molecule has 43 heavy (non-hydrogen) atoms. The van der Waals surface area contributed by atoms with Crippen molar-refractivity contribution >= 4 is 38.6 Å². The minimum atomic E-state index is -3.57. The molecule has 5 aromatic rings. The number of sulfonamides is 1. The van der Waals surface area contributed by atoms with Gasteiger partial charge >= 0.3 is 0 Å². The normalized spacial score (nSPS) is 13.1. The molecule has 3 N–H and O–H groups in total. The molecule has 6 rings (SSSR count). The number of rotatable bonds is 11. The van der Waals surface area contributed by atoms with Crippen molar-refractivity contribution in [2.75, 3.05) is 32.0 Å². The molecule has 1 fully saturated rings. The first kappa shape index (κ1) is 28.2. The first-order valence-electron chi connectivity index (χ1n) is 13.6. The van der Waals surface area contributed by atoms with Crippen molar-refractivity contribution in [3.8, 4) is 28.6 Å². The van der Waals surface area contributed by atoms with Crippen LogP contribution in [0.3, 0.4) is 0 Å². The Morgan fingerprint density at radius 3 is 2.23 bits per heavy atom. The van der Waals surface area contributed by atoms with E-state index in [1.165, 1.54) is 0 Å². The van der Waals surface area contributed by atoms with Crippen LogP contribution in [0.4, 0.5) is 23.0 Å². The zero-order valence-corrected chi connectivity index (χ0v) is 24.9. The highest BCUT2D eigenvalue weighted by Gasteiger charge is 2.28. The Hall–Kier alpha value is -4.88. The first-order valence-corrected chi connectivity index (χ1v) is 15.1. The summed E-state index contributed by atoms with van der Waals surface area (Å²) >= 11 is 0. The number of benzene rings is 3. The molecule has 0 saturated heterocycles. The van der Waals surface area contributed by atoms with Gasteiger partial charge in [0.2, 0.25) is 21.7 Å². The minimum absolute atomic E-state index is 0.0347. The fourth-order valence-electron chi connectivity index (χ4n) is 4.68. The van der Waals surface area contributed by atoms with Crippen LogP contribution in [0.25, 0.3) is 16.9 Å². The third kappa shape index (κ3) is 5.90. The number of methoxy groups -OCH3 is 3. The Morgan fingerprint density at radius 1 is 0.860 bits per heavy atom. The molecule has 222 valence electrons. The topological polar surface area (TPSA) is 141 Å². The summed E-state index contributed by atoms with van der Waals surface area (Å²) < 4.78 is 46.2. The van der Waals surface area contributed by atoms with Crippen molar-refractivity contribution in [3.63, 3.8) is 0 Å². The first-order chi connectivity index (χ1) is 20.8. The number of aromatic nitrogens is 4. The number of ether oxygens (including phenoxy) is 3. The van der Waals surface area contributed by atoms with Gasteiger partial charge < -0.3 is 24.8 Å². The molecule has 1 saturated carbocycles. The summed E-state index contributed by atoms with van der Waals surface area (Å²) in [6.45, 7) is 1.90. The van der Waals surface area contributed by atoms with E-state index in [4.69, 9.17) is 24.3 Å². The molecular weight excluding hydrogens is 570 g/mol. The Bertz CT molecular complexity index is 1900. The van der Waals surface area contributed by atoms with Crippen molar-refractivity contribution in [2.24, 2.45) is 0 Å². The average Bonchev–Trinajstić information content (AvgIpc) is 3.76. The molecule has 0 unspecified atom stereocenters. The van der Waals surface area contributed by atoms with Crippen LogP contribution >= 0.6 is 0 Å². The highest BCUT2D eigenvalue weighted by atomic mass is 32.2. The highest BCUT2D eigenvalue weighted by Crippen LogP contribution is 2.40. The number of imidazole rings is 1. The third-order valence-electron chi connectivity index (χ3n) is 6.95. The second kappa shape index (κ2) is 11.4. The minimum Gasteiger partial charge on any atom is -0.493 e. The molecule has 13 heteroatoms. The number of hydrogen-bond donors (Lipinski definition) is 3. The fraction of sp³-hybridized carbons (Fsp3) is 0.233. The Kier molecular flexibility index (Phi) is 7.50. The van der Waals surface area contributed by atoms with Gasteiger partial charge in [-0.2, -0.15) is 0 Å². The molecule has 1 aliphatic carbocycles. The summed E-state index contributed by atoms with van der Waals surface area (Å²) in [5.41, 5.74) is 4.40. The van der Waals surface area contributed by atoms with Crippen LogP contribution in [0.2, 0.25) is 0 Å². The predicted octanol–water partition coefficient (Wildman–Crippen LogP) is 5.05. The fourth-order valence-corrected chi connectivity index (χ4v) is 6.03. The lowest BCUT2D eigenvalue weighted by Gasteiger charge is -2.14. The van der Waals surface area contributed by atoms with Crippen molar-refractivity contribution in [3.05, 3.63) is 72.6 Å². The van der Waals surface area contributed by atoms with Gasteiger partial charge in [0, 0.05) is 40.8 Å². The van der Waals surface area contributed by atoms with Gasteiger partial charge in [-0.15, -0.1) is 5.10 Å². The summed E-state index contributed by atoms with van der Waals surface area (Å²) in [6, 6.07) is 18.0. The van der Waals surface area contributed by atoms with Crippen molar-refractivity contribution in [1.29, 1.82) is 0 Å². The zero-order chi connectivity index (χ0) is 30.1. The maximum Gasteiger partial charge on any atom is 0.245 e. The quantitative estimate of drug-likeness (QED) is 0.188. The molecule has 0 amide bonds. The van der Waals surface area contributed by atoms with E-state index < -0.39 is 10.0 Å². The second-order valence-electron chi connectivity index (χ2n) is 10.1. The zero-order valence-electron chi connectivity index (χ0n) is 24.1. The number of nitrogens with one attached hydrogen (secondary N) is 3. The second-order valence-corrected chi connectivity index (χ2v) is 11.8. The number of fused-ring (bicyclic) bond motifs is 1. The maximum absolute atomic E-state index is 12.7. The molecule has 0 aliphatic heterocycles. The van der Waals surface area contributed by atoms with Gasteiger partial charge in [0.25, 0.3) is 0 Å². The van der Waals surface area contributed by atoms with E-state index in [9.17, 15) is 8.42 Å². The van der Waals surface area contributed by atoms with E-state index in [1.54, 1.807) is 62.4 Å². The molecule has 3 aromatic carbocycles. The standard InChI is InChI=1S/C30H31N7O5S/c1-18-25-17-31-30(34-23-15-26(40-2)28(42-4)27(16-23)41-3)35-37(25)29(32-18)19-7-5-8-21(13-19)33-22-9-6-10-24(14-22)43(38,39)36-20-11-12-20/h5-10,13-17,20,33,36H,11-12H2,1-4H3,(H,34,35). The van der Waals surface area contributed by atoms with Crippen LogP contribution in [0.5, 0.6) is 17.2 Å². The summed E-state index contributed by atoms with van der Waals surface area (Å²) in [5.74, 6) is 2.44. The predicted molar refractivity (Wildman–Crippen MR) is 163 cm³/mol. The Labute approximate surface area is 249 Å². The van der Waals surface area contributed by atoms with Gasteiger partial charge in [-0.25, -0.2) is 27.6 Å². The maximum atomic E-state index is 12.7. The number of hydrogen-bond acceptors (Lipinski definition) is 10. The van der Waals surface area contributed by atoms with Crippen LogP contribution in [-0.2, 0) is 10.0 Å². The van der Waals surface area contributed by atoms with E-state index >= 15 is 0 Å². The largest absolute Gasteiger partial charge is 0.493 e. The molecule has 2 aromatic heterocycles. The van der Waals surface area contributed by atoms with Gasteiger partial charge in [-0.1, -0.05) is 18.2 Å². The van der Waals surface area contributed by atoms with E-state index in [1.807, 2.05) is 37.3 Å².